The first kappa shape index (κ1) is 19.9. The maximum atomic E-state index is 12.0. The summed E-state index contributed by atoms with van der Waals surface area (Å²) in [4.78, 5) is 45.8. The highest BCUT2D eigenvalue weighted by Crippen LogP contribution is 2.12. The van der Waals surface area contributed by atoms with Crippen molar-refractivity contribution >= 4 is 40.9 Å². The van der Waals surface area contributed by atoms with E-state index in [1.807, 2.05) is 0 Å². The molecule has 0 aromatic heterocycles. The molecule has 2 aromatic carbocycles. The van der Waals surface area contributed by atoms with Crippen molar-refractivity contribution < 1.29 is 29.0 Å². The number of halogens is 1. The lowest BCUT2D eigenvalue weighted by atomic mass is 10.1. The summed E-state index contributed by atoms with van der Waals surface area (Å²) in [5.41, 5.74) is 0.932. The van der Waals surface area contributed by atoms with Gasteiger partial charge in [0.05, 0.1) is 5.56 Å². The molecule has 2 N–H and O–H groups in total. The molecule has 0 saturated carbocycles. The second kappa shape index (κ2) is 9.30. The van der Waals surface area contributed by atoms with Crippen molar-refractivity contribution in [3.05, 3.63) is 76.8 Å². The number of amides is 1. The molecule has 0 aliphatic heterocycles. The molecule has 138 valence electrons. The zero-order valence-corrected chi connectivity index (χ0v) is 14.6. The SMILES string of the molecule is O=C(O)C=CC(=O)Nc1ccc(C(=O)OCC(=O)c2ccc(Cl)cc2)cc1. The first-order valence-corrected chi connectivity index (χ1v) is 8.01. The van der Waals surface area contributed by atoms with Crippen LogP contribution in [-0.4, -0.2) is 35.3 Å². The summed E-state index contributed by atoms with van der Waals surface area (Å²) in [7, 11) is 0. The van der Waals surface area contributed by atoms with E-state index in [1.165, 1.54) is 36.4 Å². The van der Waals surface area contributed by atoms with Crippen molar-refractivity contribution in [1.82, 2.24) is 0 Å². The van der Waals surface area contributed by atoms with Crippen molar-refractivity contribution in [2.24, 2.45) is 0 Å². The van der Waals surface area contributed by atoms with E-state index in [1.54, 1.807) is 12.1 Å². The lowest BCUT2D eigenvalue weighted by Crippen LogP contribution is -2.14. The zero-order chi connectivity index (χ0) is 19.8. The largest absolute Gasteiger partial charge is 0.478 e. The first-order chi connectivity index (χ1) is 12.8. The number of nitrogens with one attached hydrogen (secondary N) is 1. The van der Waals surface area contributed by atoms with E-state index in [4.69, 9.17) is 21.4 Å². The molecule has 8 heteroatoms. The Hall–Kier alpha value is -3.45. The quantitative estimate of drug-likeness (QED) is 0.429. The van der Waals surface area contributed by atoms with Crippen molar-refractivity contribution in [1.29, 1.82) is 0 Å². The molecule has 0 heterocycles. The Bertz CT molecular complexity index is 887. The van der Waals surface area contributed by atoms with Crippen molar-refractivity contribution in [2.75, 3.05) is 11.9 Å². The predicted molar refractivity (Wildman–Crippen MR) is 97.9 cm³/mol. The van der Waals surface area contributed by atoms with Gasteiger partial charge in [0.1, 0.15) is 0 Å². The molecule has 0 aliphatic carbocycles. The maximum absolute atomic E-state index is 12.0. The Labute approximate surface area is 159 Å². The number of Topliss-reactive ketones (excluding diaryl/α,β-unsaturated/α-hetero) is 1. The third-order valence-electron chi connectivity index (χ3n) is 3.27. The number of esters is 1. The van der Waals surface area contributed by atoms with Crippen LogP contribution in [0.1, 0.15) is 20.7 Å². The molecule has 2 rings (SSSR count). The Kier molecular flexibility index (Phi) is 6.85. The monoisotopic (exact) mass is 387 g/mol. The summed E-state index contributed by atoms with van der Waals surface area (Å²) in [5, 5.41) is 11.4. The minimum absolute atomic E-state index is 0.193. The molecule has 0 saturated heterocycles. The molecule has 0 aliphatic rings. The van der Waals surface area contributed by atoms with Crippen LogP contribution in [0.5, 0.6) is 0 Å². The number of carboxylic acid groups (broad SMARTS) is 1. The van der Waals surface area contributed by atoms with Crippen LogP contribution in [0.3, 0.4) is 0 Å². The number of ketones is 1. The second-order valence-electron chi connectivity index (χ2n) is 5.24. The van der Waals surface area contributed by atoms with Gasteiger partial charge in [-0.05, 0) is 48.5 Å². The van der Waals surface area contributed by atoms with Crippen LogP contribution in [-0.2, 0) is 14.3 Å². The summed E-state index contributed by atoms with van der Waals surface area (Å²) >= 11 is 5.75. The number of aliphatic carboxylic acids is 1. The molecule has 0 spiro atoms. The van der Waals surface area contributed by atoms with Crippen LogP contribution in [0.4, 0.5) is 5.69 Å². The van der Waals surface area contributed by atoms with Crippen LogP contribution in [0.2, 0.25) is 5.02 Å². The van der Waals surface area contributed by atoms with Gasteiger partial charge in [-0.2, -0.15) is 0 Å². The first-order valence-electron chi connectivity index (χ1n) is 7.63. The fraction of sp³-hybridized carbons (Fsp3) is 0.0526. The van der Waals surface area contributed by atoms with Gasteiger partial charge in [0.2, 0.25) is 5.91 Å². The van der Waals surface area contributed by atoms with Gasteiger partial charge in [0.15, 0.2) is 12.4 Å². The topological polar surface area (TPSA) is 110 Å². The summed E-state index contributed by atoms with van der Waals surface area (Å²) in [6.07, 6.45) is 1.58. The third kappa shape index (κ3) is 6.41. The van der Waals surface area contributed by atoms with E-state index < -0.39 is 24.5 Å². The summed E-state index contributed by atoms with van der Waals surface area (Å²) in [6, 6.07) is 11.9. The normalized spacial score (nSPS) is 10.4. The highest BCUT2D eigenvalue weighted by molar-refractivity contribution is 6.30. The average Bonchev–Trinajstić information content (AvgIpc) is 2.65. The van der Waals surface area contributed by atoms with E-state index in [-0.39, 0.29) is 11.3 Å². The molecule has 2 aromatic rings. The molecule has 0 atom stereocenters. The number of carbonyl (C=O) groups is 4. The highest BCUT2D eigenvalue weighted by atomic mass is 35.5. The Balaban J connectivity index is 1.89. The minimum Gasteiger partial charge on any atom is -0.478 e. The van der Waals surface area contributed by atoms with Gasteiger partial charge in [0, 0.05) is 28.4 Å². The lowest BCUT2D eigenvalue weighted by molar-refractivity contribution is -0.131. The van der Waals surface area contributed by atoms with E-state index in [9.17, 15) is 19.2 Å². The number of anilines is 1. The van der Waals surface area contributed by atoms with E-state index in [0.29, 0.717) is 22.3 Å². The standard InChI is InChI=1S/C19H14ClNO6/c20-14-5-1-12(2-6-14)16(22)11-27-19(26)13-3-7-15(8-4-13)21-17(23)9-10-18(24)25/h1-10H,11H2,(H,21,23)(H,24,25). The Morgan fingerprint density at radius 2 is 1.52 bits per heavy atom. The smallest absolute Gasteiger partial charge is 0.338 e. The van der Waals surface area contributed by atoms with Gasteiger partial charge in [-0.3, -0.25) is 9.59 Å². The molecular weight excluding hydrogens is 374 g/mol. The molecule has 27 heavy (non-hydrogen) atoms. The van der Waals surface area contributed by atoms with Gasteiger partial charge in [-0.15, -0.1) is 0 Å². The lowest BCUT2D eigenvalue weighted by Gasteiger charge is -2.06. The molecular formula is C19H14ClNO6. The molecule has 0 bridgehead atoms. The fourth-order valence-corrected chi connectivity index (χ4v) is 2.08. The number of carbonyl (C=O) groups excluding carboxylic acids is 3. The minimum atomic E-state index is -1.24. The van der Waals surface area contributed by atoms with Gasteiger partial charge in [-0.25, -0.2) is 9.59 Å². The molecule has 0 radical (unpaired) electrons. The third-order valence-corrected chi connectivity index (χ3v) is 3.52. The van der Waals surface area contributed by atoms with Crippen molar-refractivity contribution in [3.8, 4) is 0 Å². The maximum Gasteiger partial charge on any atom is 0.338 e. The van der Waals surface area contributed by atoms with Gasteiger partial charge in [0.25, 0.3) is 0 Å². The van der Waals surface area contributed by atoms with Gasteiger partial charge >= 0.3 is 11.9 Å². The molecule has 0 unspecified atom stereocenters. The number of hydrogen-bond acceptors (Lipinski definition) is 5. The second-order valence-corrected chi connectivity index (χ2v) is 5.68. The fourth-order valence-electron chi connectivity index (χ4n) is 1.95. The number of ether oxygens (including phenoxy) is 1. The summed E-state index contributed by atoms with van der Waals surface area (Å²) in [6.45, 7) is -0.418. The van der Waals surface area contributed by atoms with Crippen LogP contribution in [0, 0.1) is 0 Å². The number of carboxylic acids is 1. The van der Waals surface area contributed by atoms with Crippen LogP contribution >= 0.6 is 11.6 Å². The Morgan fingerprint density at radius 1 is 0.926 bits per heavy atom. The molecule has 1 amide bonds. The van der Waals surface area contributed by atoms with Crippen LogP contribution < -0.4 is 5.32 Å². The van der Waals surface area contributed by atoms with E-state index in [2.05, 4.69) is 5.32 Å². The predicted octanol–water partition coefficient (Wildman–Crippen LogP) is 2.96. The van der Waals surface area contributed by atoms with Crippen molar-refractivity contribution in [3.63, 3.8) is 0 Å². The highest BCUT2D eigenvalue weighted by Gasteiger charge is 2.12. The van der Waals surface area contributed by atoms with Gasteiger partial charge in [-0.1, -0.05) is 11.6 Å². The van der Waals surface area contributed by atoms with Gasteiger partial charge < -0.3 is 15.2 Å². The summed E-state index contributed by atoms with van der Waals surface area (Å²) < 4.78 is 4.98. The van der Waals surface area contributed by atoms with Crippen molar-refractivity contribution in [2.45, 2.75) is 0 Å². The summed E-state index contributed by atoms with van der Waals surface area (Å²) in [5.74, 6) is -2.92. The number of benzene rings is 2. The van der Waals surface area contributed by atoms with E-state index in [0.717, 1.165) is 6.08 Å². The number of rotatable bonds is 7. The van der Waals surface area contributed by atoms with Crippen LogP contribution in [0.15, 0.2) is 60.7 Å². The number of hydrogen-bond donors (Lipinski definition) is 2. The molecule has 7 nitrogen and oxygen atoms in total. The zero-order valence-electron chi connectivity index (χ0n) is 13.8. The average molecular weight is 388 g/mol. The van der Waals surface area contributed by atoms with Crippen LogP contribution in [0.25, 0.3) is 0 Å². The Morgan fingerprint density at radius 3 is 2.11 bits per heavy atom. The van der Waals surface area contributed by atoms with E-state index >= 15 is 0 Å². The molecule has 0 fully saturated rings.